The maximum atomic E-state index is 9.13. The molecule has 96 valence electrons. The van der Waals surface area contributed by atoms with Gasteiger partial charge in [0.2, 0.25) is 0 Å². The average molecular weight is 309 g/mol. The fourth-order valence-corrected chi connectivity index (χ4v) is 2.82. The Morgan fingerprint density at radius 1 is 1.26 bits per heavy atom. The molecule has 1 aromatic carbocycles. The Hall–Kier alpha value is -1.34. The number of nitrogens with zero attached hydrogens (tertiary/aromatic N) is 2. The normalized spacial score (nSPS) is 10.9. The monoisotopic (exact) mass is 308 g/mol. The highest BCUT2D eigenvalue weighted by atomic mass is 35.5. The molecule has 0 aliphatic rings. The Bertz CT molecular complexity index is 696. The molecule has 0 atom stereocenters. The number of nitriles is 1. The second kappa shape index (κ2) is 5.75. The van der Waals surface area contributed by atoms with E-state index in [9.17, 15) is 0 Å². The molecule has 0 bridgehead atoms. The summed E-state index contributed by atoms with van der Waals surface area (Å²) in [5.74, 6) is 0. The molecule has 0 saturated carbocycles. The topological polar surface area (TPSA) is 36.1 Å². The van der Waals surface area contributed by atoms with Crippen molar-refractivity contribution in [1.82, 2.24) is 0 Å². The number of aliphatic imine (C=N–C) groups is 1. The van der Waals surface area contributed by atoms with Crippen molar-refractivity contribution >= 4 is 45.8 Å². The summed E-state index contributed by atoms with van der Waals surface area (Å²) < 4.78 is 0. The van der Waals surface area contributed by atoms with Gasteiger partial charge < -0.3 is 0 Å². The minimum absolute atomic E-state index is 0.490. The number of hydrogen-bond donors (Lipinski definition) is 0. The number of benzene rings is 1. The van der Waals surface area contributed by atoms with Gasteiger partial charge in [-0.1, -0.05) is 29.3 Å². The van der Waals surface area contributed by atoms with Gasteiger partial charge in [-0.05, 0) is 37.1 Å². The van der Waals surface area contributed by atoms with Crippen LogP contribution in [0.25, 0.3) is 0 Å². The fourth-order valence-electron chi connectivity index (χ4n) is 1.56. The lowest BCUT2D eigenvalue weighted by atomic mass is 10.2. The zero-order valence-corrected chi connectivity index (χ0v) is 12.7. The van der Waals surface area contributed by atoms with E-state index in [0.29, 0.717) is 15.6 Å². The molecular weight excluding hydrogens is 299 g/mol. The van der Waals surface area contributed by atoms with Gasteiger partial charge in [0.15, 0.2) is 0 Å². The Kier molecular flexibility index (Phi) is 4.26. The molecule has 0 radical (unpaired) electrons. The third-order valence-electron chi connectivity index (χ3n) is 2.75. The number of hydrogen-bond acceptors (Lipinski definition) is 3. The summed E-state index contributed by atoms with van der Waals surface area (Å²) in [7, 11) is 0. The van der Waals surface area contributed by atoms with E-state index in [2.05, 4.69) is 11.1 Å². The number of rotatable bonds is 2. The molecule has 0 fully saturated rings. The summed E-state index contributed by atoms with van der Waals surface area (Å²) in [6.07, 6.45) is 1.69. The second-order valence-electron chi connectivity index (χ2n) is 4.01. The quantitative estimate of drug-likeness (QED) is 0.694. The number of halogens is 2. The smallest absolute Gasteiger partial charge is 0.134 e. The third-order valence-corrected chi connectivity index (χ3v) is 4.61. The molecule has 5 heteroatoms. The van der Waals surface area contributed by atoms with Gasteiger partial charge in [0.05, 0.1) is 15.6 Å². The molecule has 0 unspecified atom stereocenters. The standard InChI is InChI=1S/C14H10Cl2N2S/c1-8-9(2)19-14(11(8)6-17)18-7-10-3-4-12(15)13(16)5-10/h3-5,7H,1-2H3. The first-order valence-electron chi connectivity index (χ1n) is 5.52. The number of aryl methyl sites for hydroxylation is 1. The van der Waals surface area contributed by atoms with E-state index in [0.717, 1.165) is 21.0 Å². The van der Waals surface area contributed by atoms with Gasteiger partial charge in [0.1, 0.15) is 11.1 Å². The first kappa shape index (κ1) is 14.1. The maximum Gasteiger partial charge on any atom is 0.134 e. The van der Waals surface area contributed by atoms with E-state index in [1.807, 2.05) is 19.9 Å². The summed E-state index contributed by atoms with van der Waals surface area (Å²) in [5, 5.41) is 10.9. The Morgan fingerprint density at radius 3 is 2.63 bits per heavy atom. The van der Waals surface area contributed by atoms with Crippen molar-refractivity contribution in [3.05, 3.63) is 49.8 Å². The summed E-state index contributed by atoms with van der Waals surface area (Å²) in [6, 6.07) is 7.49. The van der Waals surface area contributed by atoms with E-state index in [4.69, 9.17) is 28.5 Å². The highest BCUT2D eigenvalue weighted by molar-refractivity contribution is 7.16. The largest absolute Gasteiger partial charge is 0.244 e. The maximum absolute atomic E-state index is 9.13. The number of thiophene rings is 1. The van der Waals surface area contributed by atoms with Crippen LogP contribution >= 0.6 is 34.5 Å². The van der Waals surface area contributed by atoms with Gasteiger partial charge in [-0.2, -0.15) is 5.26 Å². The van der Waals surface area contributed by atoms with Crippen LogP contribution in [0.4, 0.5) is 5.00 Å². The van der Waals surface area contributed by atoms with E-state index in [-0.39, 0.29) is 0 Å². The molecular formula is C14H10Cl2N2S. The third kappa shape index (κ3) is 2.98. The van der Waals surface area contributed by atoms with E-state index < -0.39 is 0 Å². The predicted molar refractivity (Wildman–Crippen MR) is 82.2 cm³/mol. The first-order valence-corrected chi connectivity index (χ1v) is 7.09. The molecule has 2 aromatic rings. The minimum atomic E-state index is 0.490. The highest BCUT2D eigenvalue weighted by Crippen LogP contribution is 2.34. The molecule has 0 aliphatic heterocycles. The predicted octanol–water partition coefficient (Wildman–Crippen LogP) is 5.29. The Labute approximate surface area is 125 Å². The highest BCUT2D eigenvalue weighted by Gasteiger charge is 2.10. The molecule has 0 N–H and O–H groups in total. The van der Waals surface area contributed by atoms with Crippen molar-refractivity contribution in [2.24, 2.45) is 4.99 Å². The molecule has 2 nitrogen and oxygen atoms in total. The van der Waals surface area contributed by atoms with Gasteiger partial charge >= 0.3 is 0 Å². The van der Waals surface area contributed by atoms with Crippen LogP contribution in [0.5, 0.6) is 0 Å². The van der Waals surface area contributed by atoms with Crippen LogP contribution < -0.4 is 0 Å². The van der Waals surface area contributed by atoms with Crippen molar-refractivity contribution in [3.63, 3.8) is 0 Å². The molecule has 19 heavy (non-hydrogen) atoms. The molecule has 0 amide bonds. The Morgan fingerprint density at radius 2 is 2.00 bits per heavy atom. The van der Waals surface area contributed by atoms with Gasteiger partial charge in [-0.25, -0.2) is 4.99 Å². The molecule has 2 rings (SSSR count). The van der Waals surface area contributed by atoms with Crippen LogP contribution in [0, 0.1) is 25.2 Å². The van der Waals surface area contributed by atoms with Gasteiger partial charge in [0, 0.05) is 11.1 Å². The van der Waals surface area contributed by atoms with Gasteiger partial charge in [-0.15, -0.1) is 11.3 Å². The van der Waals surface area contributed by atoms with Crippen molar-refractivity contribution in [3.8, 4) is 6.07 Å². The van der Waals surface area contributed by atoms with Crippen molar-refractivity contribution in [2.45, 2.75) is 13.8 Å². The van der Waals surface area contributed by atoms with E-state index in [1.54, 1.807) is 18.3 Å². The summed E-state index contributed by atoms with van der Waals surface area (Å²) in [4.78, 5) is 5.48. The lowest BCUT2D eigenvalue weighted by Gasteiger charge is -1.96. The molecule has 0 spiro atoms. The minimum Gasteiger partial charge on any atom is -0.244 e. The van der Waals surface area contributed by atoms with E-state index in [1.165, 1.54) is 11.3 Å². The molecule has 0 aliphatic carbocycles. The average Bonchev–Trinajstić information content (AvgIpc) is 2.66. The summed E-state index contributed by atoms with van der Waals surface area (Å²) in [6.45, 7) is 3.92. The van der Waals surface area contributed by atoms with Crippen molar-refractivity contribution < 1.29 is 0 Å². The van der Waals surface area contributed by atoms with Crippen LogP contribution in [0.1, 0.15) is 21.6 Å². The zero-order chi connectivity index (χ0) is 14.0. The van der Waals surface area contributed by atoms with Crippen LogP contribution in [0.3, 0.4) is 0 Å². The molecule has 1 heterocycles. The lowest BCUT2D eigenvalue weighted by molar-refractivity contribution is 1.38. The van der Waals surface area contributed by atoms with Crippen molar-refractivity contribution in [2.75, 3.05) is 0 Å². The lowest BCUT2D eigenvalue weighted by Crippen LogP contribution is -1.81. The van der Waals surface area contributed by atoms with Crippen LogP contribution in [0.2, 0.25) is 10.0 Å². The molecule has 0 saturated heterocycles. The van der Waals surface area contributed by atoms with E-state index >= 15 is 0 Å². The van der Waals surface area contributed by atoms with Crippen LogP contribution in [0.15, 0.2) is 23.2 Å². The van der Waals surface area contributed by atoms with Crippen LogP contribution in [-0.2, 0) is 0 Å². The summed E-state index contributed by atoms with van der Waals surface area (Å²) >= 11 is 13.3. The zero-order valence-electron chi connectivity index (χ0n) is 10.4. The van der Waals surface area contributed by atoms with Crippen LogP contribution in [-0.4, -0.2) is 6.21 Å². The Balaban J connectivity index is 2.35. The fraction of sp³-hybridized carbons (Fsp3) is 0.143. The summed E-state index contributed by atoms with van der Waals surface area (Å²) in [5.41, 5.74) is 2.48. The van der Waals surface area contributed by atoms with Gasteiger partial charge in [-0.3, -0.25) is 0 Å². The molecule has 1 aromatic heterocycles. The second-order valence-corrected chi connectivity index (χ2v) is 6.02. The first-order chi connectivity index (χ1) is 9.02. The van der Waals surface area contributed by atoms with Crippen molar-refractivity contribution in [1.29, 1.82) is 5.26 Å². The SMILES string of the molecule is Cc1sc(N=Cc2ccc(Cl)c(Cl)c2)c(C#N)c1C. The van der Waals surface area contributed by atoms with Gasteiger partial charge in [0.25, 0.3) is 0 Å².